The molecule has 0 unspecified atom stereocenters. The average Bonchev–Trinajstić information content (AvgIpc) is 3.09. The Kier molecular flexibility index (Phi) is 5.02. The molecular formula is C26H21ClN4O2. The van der Waals surface area contributed by atoms with Gasteiger partial charge in [-0.1, -0.05) is 29.8 Å². The van der Waals surface area contributed by atoms with Gasteiger partial charge in [0.05, 0.1) is 28.4 Å². The molecule has 0 radical (unpaired) electrons. The van der Waals surface area contributed by atoms with Crippen molar-refractivity contribution in [1.29, 1.82) is 0 Å². The number of rotatable bonds is 3. The Morgan fingerprint density at radius 1 is 0.939 bits per heavy atom. The number of carbonyl (C=O) groups excluding carboxylic acids is 1. The fourth-order valence-corrected chi connectivity index (χ4v) is 4.20. The van der Waals surface area contributed by atoms with Gasteiger partial charge in [0, 0.05) is 37.1 Å². The maximum atomic E-state index is 13.3. The monoisotopic (exact) mass is 456 g/mol. The Balaban J connectivity index is 1.76. The molecule has 6 nitrogen and oxygen atoms in total. The molecule has 164 valence electrons. The number of carbonyl (C=O) groups is 1. The highest BCUT2D eigenvalue weighted by atomic mass is 35.5. The summed E-state index contributed by atoms with van der Waals surface area (Å²) in [6, 6.07) is 20.7. The first kappa shape index (κ1) is 21.0. The molecule has 2 aromatic heterocycles. The number of halogens is 1. The minimum Gasteiger partial charge on any atom is -0.345 e. The molecule has 0 saturated carbocycles. The summed E-state index contributed by atoms with van der Waals surface area (Å²) in [7, 11) is 5.16. The molecule has 5 rings (SSSR count). The van der Waals surface area contributed by atoms with Gasteiger partial charge in [-0.05, 0) is 59.7 Å². The van der Waals surface area contributed by atoms with E-state index in [-0.39, 0.29) is 11.6 Å². The Morgan fingerprint density at radius 3 is 2.27 bits per heavy atom. The molecule has 3 aromatic carbocycles. The fraction of sp³-hybridized carbons (Fsp3) is 0.115. The van der Waals surface area contributed by atoms with Crippen LogP contribution in [-0.2, 0) is 7.05 Å². The first-order valence-corrected chi connectivity index (χ1v) is 10.8. The Hall–Kier alpha value is -3.90. The van der Waals surface area contributed by atoms with Gasteiger partial charge in [-0.3, -0.25) is 18.9 Å². The summed E-state index contributed by atoms with van der Waals surface area (Å²) in [5, 5.41) is 1.54. The van der Waals surface area contributed by atoms with Crippen LogP contribution in [0.4, 0.5) is 0 Å². The Labute approximate surface area is 195 Å². The summed E-state index contributed by atoms with van der Waals surface area (Å²) in [6.07, 6.45) is 1.72. The molecule has 0 saturated heterocycles. The number of aryl methyl sites for hydroxylation is 1. The van der Waals surface area contributed by atoms with E-state index in [2.05, 4.69) is 4.98 Å². The number of hydrogen-bond donors (Lipinski definition) is 0. The van der Waals surface area contributed by atoms with Gasteiger partial charge in [0.15, 0.2) is 0 Å². The molecular weight excluding hydrogens is 436 g/mol. The van der Waals surface area contributed by atoms with Crippen LogP contribution in [0.5, 0.6) is 0 Å². The predicted molar refractivity (Wildman–Crippen MR) is 132 cm³/mol. The zero-order valence-electron chi connectivity index (χ0n) is 18.4. The van der Waals surface area contributed by atoms with E-state index >= 15 is 0 Å². The van der Waals surface area contributed by atoms with E-state index in [4.69, 9.17) is 11.6 Å². The van der Waals surface area contributed by atoms with Crippen molar-refractivity contribution in [3.63, 3.8) is 0 Å². The van der Waals surface area contributed by atoms with Gasteiger partial charge in [0.2, 0.25) is 0 Å². The lowest BCUT2D eigenvalue weighted by Crippen LogP contribution is -2.22. The molecule has 2 heterocycles. The zero-order valence-corrected chi connectivity index (χ0v) is 19.2. The van der Waals surface area contributed by atoms with E-state index in [1.165, 1.54) is 4.90 Å². The van der Waals surface area contributed by atoms with Gasteiger partial charge in [-0.2, -0.15) is 0 Å². The number of amides is 1. The van der Waals surface area contributed by atoms with E-state index in [1.807, 2.05) is 42.5 Å². The highest BCUT2D eigenvalue weighted by molar-refractivity contribution is 6.30. The summed E-state index contributed by atoms with van der Waals surface area (Å²) < 4.78 is 3.27. The van der Waals surface area contributed by atoms with E-state index in [1.54, 1.807) is 60.7 Å². The van der Waals surface area contributed by atoms with Crippen LogP contribution in [-0.4, -0.2) is 39.0 Å². The number of imidazole rings is 1. The summed E-state index contributed by atoms with van der Waals surface area (Å²) in [5.41, 5.74) is 5.39. The molecule has 0 N–H and O–H groups in total. The molecule has 1 amide bonds. The van der Waals surface area contributed by atoms with Gasteiger partial charge < -0.3 is 4.90 Å². The second kappa shape index (κ2) is 7.90. The zero-order chi connectivity index (χ0) is 23.3. The molecule has 0 aliphatic heterocycles. The number of nitrogens with zero attached hydrogens (tertiary/aromatic N) is 4. The van der Waals surface area contributed by atoms with Crippen LogP contribution < -0.4 is 5.69 Å². The van der Waals surface area contributed by atoms with E-state index in [0.29, 0.717) is 16.3 Å². The summed E-state index contributed by atoms with van der Waals surface area (Å²) in [4.78, 5) is 31.6. The lowest BCUT2D eigenvalue weighted by molar-refractivity contribution is 0.0827. The van der Waals surface area contributed by atoms with Gasteiger partial charge in [0.1, 0.15) is 0 Å². The highest BCUT2D eigenvalue weighted by Crippen LogP contribution is 2.30. The number of fused-ring (bicyclic) bond motifs is 3. The van der Waals surface area contributed by atoms with Crippen molar-refractivity contribution >= 4 is 39.4 Å². The molecule has 0 fully saturated rings. The first-order chi connectivity index (χ1) is 15.8. The van der Waals surface area contributed by atoms with Crippen molar-refractivity contribution in [1.82, 2.24) is 19.0 Å². The van der Waals surface area contributed by atoms with Crippen LogP contribution in [0.3, 0.4) is 0 Å². The van der Waals surface area contributed by atoms with Crippen LogP contribution in [0.1, 0.15) is 10.4 Å². The van der Waals surface area contributed by atoms with Crippen LogP contribution in [0, 0.1) is 0 Å². The van der Waals surface area contributed by atoms with Crippen molar-refractivity contribution in [2.45, 2.75) is 0 Å². The molecule has 7 heteroatoms. The summed E-state index contributed by atoms with van der Waals surface area (Å²) >= 11 is 6.05. The number of aromatic nitrogens is 3. The number of benzene rings is 3. The van der Waals surface area contributed by atoms with Crippen LogP contribution >= 0.6 is 11.6 Å². The third-order valence-corrected chi connectivity index (χ3v) is 6.09. The number of pyridine rings is 1. The summed E-state index contributed by atoms with van der Waals surface area (Å²) in [6.45, 7) is 0. The molecule has 5 aromatic rings. The van der Waals surface area contributed by atoms with Crippen LogP contribution in [0.25, 0.3) is 38.8 Å². The van der Waals surface area contributed by atoms with Crippen molar-refractivity contribution in [2.24, 2.45) is 7.05 Å². The molecule has 0 bridgehead atoms. The molecule has 0 aliphatic rings. The van der Waals surface area contributed by atoms with E-state index < -0.39 is 0 Å². The highest BCUT2D eigenvalue weighted by Gasteiger charge is 2.17. The van der Waals surface area contributed by atoms with E-state index in [9.17, 15) is 9.59 Å². The Morgan fingerprint density at radius 2 is 1.61 bits per heavy atom. The van der Waals surface area contributed by atoms with Crippen LogP contribution in [0.15, 0.2) is 77.7 Å². The predicted octanol–water partition coefficient (Wildman–Crippen LogP) is 4.90. The normalized spacial score (nSPS) is 11.3. The van der Waals surface area contributed by atoms with Gasteiger partial charge in [0.25, 0.3) is 5.91 Å². The summed E-state index contributed by atoms with van der Waals surface area (Å²) in [5.74, 6) is -0.0888. The van der Waals surface area contributed by atoms with Crippen molar-refractivity contribution in [3.05, 3.63) is 94.0 Å². The fourth-order valence-electron chi connectivity index (χ4n) is 4.07. The average molecular weight is 457 g/mol. The van der Waals surface area contributed by atoms with Crippen LogP contribution in [0.2, 0.25) is 5.02 Å². The lowest BCUT2D eigenvalue weighted by atomic mass is 10.0. The smallest absolute Gasteiger partial charge is 0.333 e. The maximum Gasteiger partial charge on any atom is 0.333 e. The molecule has 0 atom stereocenters. The second-order valence-corrected chi connectivity index (χ2v) is 8.59. The largest absolute Gasteiger partial charge is 0.345 e. The lowest BCUT2D eigenvalue weighted by Gasteiger charge is -2.11. The molecule has 0 spiro atoms. The third kappa shape index (κ3) is 3.49. The minimum atomic E-state index is -0.178. The van der Waals surface area contributed by atoms with Gasteiger partial charge in [-0.25, -0.2) is 4.79 Å². The second-order valence-electron chi connectivity index (χ2n) is 8.15. The first-order valence-electron chi connectivity index (χ1n) is 10.4. The third-order valence-electron chi connectivity index (χ3n) is 5.84. The Bertz CT molecular complexity index is 1580. The van der Waals surface area contributed by atoms with Gasteiger partial charge in [-0.15, -0.1) is 0 Å². The molecule has 33 heavy (non-hydrogen) atoms. The SMILES string of the molecule is CN(C)C(=O)c1ccc(-n2c(=O)n(C)c3cnc4ccc(-c5ccc(Cl)cc5)cc4c32)cc1. The van der Waals surface area contributed by atoms with Gasteiger partial charge >= 0.3 is 5.69 Å². The molecule has 0 aliphatic carbocycles. The van der Waals surface area contributed by atoms with Crippen molar-refractivity contribution in [3.8, 4) is 16.8 Å². The van der Waals surface area contributed by atoms with Crippen molar-refractivity contribution < 1.29 is 4.79 Å². The van der Waals surface area contributed by atoms with Crippen molar-refractivity contribution in [2.75, 3.05) is 14.1 Å². The number of hydrogen-bond acceptors (Lipinski definition) is 3. The standard InChI is InChI=1S/C26H21ClN4O2/c1-29(2)25(32)17-6-11-20(12-7-17)31-24-21-14-18(16-4-9-19(27)10-5-16)8-13-22(21)28-15-23(24)30(3)26(31)33/h4-15H,1-3H3. The van der Waals surface area contributed by atoms with E-state index in [0.717, 1.165) is 33.1 Å². The maximum absolute atomic E-state index is 13.3. The quantitative estimate of drug-likeness (QED) is 0.388. The topological polar surface area (TPSA) is 60.1 Å². The minimum absolute atomic E-state index is 0.0888.